The van der Waals surface area contributed by atoms with Crippen LogP contribution in [0.15, 0.2) is 30.3 Å². The van der Waals surface area contributed by atoms with Crippen LogP contribution in [0.4, 0.5) is 32.0 Å². The minimum absolute atomic E-state index is 0.0293. The molecule has 1 atom stereocenters. The molecule has 0 aliphatic heterocycles. The number of methoxy groups -OCH3 is 2. The van der Waals surface area contributed by atoms with Gasteiger partial charge in [-0.25, -0.2) is 8.78 Å². The minimum atomic E-state index is -5.20. The Morgan fingerprint density at radius 1 is 0.865 bits per heavy atom. The molecule has 0 spiro atoms. The molecular formula is C32H38F6N4O10. The van der Waals surface area contributed by atoms with Gasteiger partial charge in [-0.15, -0.1) is 0 Å². The van der Waals surface area contributed by atoms with Crippen LogP contribution in [0.25, 0.3) is 0 Å². The summed E-state index contributed by atoms with van der Waals surface area (Å²) in [6.07, 6.45) is -4.70. The number of ketones is 1. The second-order valence-corrected chi connectivity index (χ2v) is 10.0. The van der Waals surface area contributed by atoms with Gasteiger partial charge in [0.1, 0.15) is 12.6 Å². The van der Waals surface area contributed by atoms with Crippen molar-refractivity contribution in [2.75, 3.05) is 39.2 Å². The molecular weight excluding hydrogens is 714 g/mol. The minimum Gasteiger partial charge on any atom is -0.480 e. The molecule has 20 heteroatoms. The molecule has 0 aliphatic carbocycles. The van der Waals surface area contributed by atoms with Gasteiger partial charge in [-0.3, -0.25) is 33.6 Å². The van der Waals surface area contributed by atoms with Crippen molar-refractivity contribution in [2.45, 2.75) is 52.8 Å². The van der Waals surface area contributed by atoms with Crippen molar-refractivity contribution in [2.24, 2.45) is 0 Å². The van der Waals surface area contributed by atoms with E-state index in [0.717, 1.165) is 19.1 Å². The van der Waals surface area contributed by atoms with Gasteiger partial charge in [-0.1, -0.05) is 26.0 Å². The van der Waals surface area contributed by atoms with E-state index in [0.29, 0.717) is 12.5 Å². The molecule has 0 heterocycles. The second-order valence-electron chi connectivity index (χ2n) is 10.0. The number of nitrogens with one attached hydrogen (secondary N) is 4. The van der Waals surface area contributed by atoms with Crippen LogP contribution in [0.1, 0.15) is 49.5 Å². The predicted molar refractivity (Wildman–Crippen MR) is 170 cm³/mol. The van der Waals surface area contributed by atoms with Crippen LogP contribution in [0.5, 0.6) is 5.75 Å². The monoisotopic (exact) mass is 752 g/mol. The van der Waals surface area contributed by atoms with Crippen LogP contribution in [0, 0.1) is 24.4 Å². The number of alkyl halides is 3. The summed E-state index contributed by atoms with van der Waals surface area (Å²) < 4.78 is 91.9. The first-order chi connectivity index (χ1) is 24.2. The van der Waals surface area contributed by atoms with E-state index in [-0.39, 0.29) is 29.5 Å². The summed E-state index contributed by atoms with van der Waals surface area (Å²) >= 11 is 0. The average Bonchev–Trinajstić information content (AvgIpc) is 3.10. The molecule has 0 saturated carbocycles. The number of anilines is 1. The quantitative estimate of drug-likeness (QED) is 0.134. The Hall–Kier alpha value is -5.69. The van der Waals surface area contributed by atoms with Gasteiger partial charge in [0.15, 0.2) is 23.2 Å². The Morgan fingerprint density at radius 3 is 1.96 bits per heavy atom. The van der Waals surface area contributed by atoms with E-state index in [9.17, 15) is 59.9 Å². The molecule has 14 nitrogen and oxygen atoms in total. The first-order valence-electron chi connectivity index (χ1n) is 15.0. The summed E-state index contributed by atoms with van der Waals surface area (Å²) in [6, 6.07) is 4.17. The van der Waals surface area contributed by atoms with Crippen molar-refractivity contribution in [3.05, 3.63) is 58.9 Å². The molecule has 0 aromatic heterocycles. The van der Waals surface area contributed by atoms with E-state index >= 15 is 0 Å². The largest absolute Gasteiger partial charge is 0.480 e. The van der Waals surface area contributed by atoms with Crippen molar-refractivity contribution in [1.82, 2.24) is 16.0 Å². The van der Waals surface area contributed by atoms with E-state index in [1.165, 1.54) is 40.2 Å². The number of esters is 2. The zero-order valence-corrected chi connectivity index (χ0v) is 28.8. The maximum absolute atomic E-state index is 14.0. The van der Waals surface area contributed by atoms with Crippen molar-refractivity contribution in [3.8, 4) is 5.75 Å². The predicted octanol–water partition coefficient (Wildman–Crippen LogP) is 3.05. The fourth-order valence-corrected chi connectivity index (χ4v) is 3.32. The van der Waals surface area contributed by atoms with E-state index in [1.54, 1.807) is 12.2 Å². The number of halogens is 6. The summed E-state index contributed by atoms with van der Waals surface area (Å²) in [5.74, 6) is -11.6. The van der Waals surface area contributed by atoms with E-state index in [2.05, 4.69) is 25.4 Å². The van der Waals surface area contributed by atoms with Gasteiger partial charge >= 0.3 is 24.0 Å². The van der Waals surface area contributed by atoms with Gasteiger partial charge < -0.3 is 35.5 Å². The van der Waals surface area contributed by atoms with Crippen LogP contribution < -0.4 is 26.0 Å². The van der Waals surface area contributed by atoms with Crippen molar-refractivity contribution < 1.29 is 74.1 Å². The molecule has 0 bridgehead atoms. The molecule has 0 saturated heterocycles. The van der Waals surface area contributed by atoms with Crippen LogP contribution in [0.3, 0.4) is 0 Å². The zero-order chi connectivity index (χ0) is 40.2. The highest BCUT2D eigenvalue weighted by Gasteiger charge is 2.39. The van der Waals surface area contributed by atoms with E-state index in [1.807, 2.05) is 0 Å². The van der Waals surface area contributed by atoms with Crippen LogP contribution in [-0.4, -0.2) is 87.5 Å². The van der Waals surface area contributed by atoms with Gasteiger partial charge in [0.2, 0.25) is 17.6 Å². The number of hydrogen-bond donors (Lipinski definition) is 4. The summed E-state index contributed by atoms with van der Waals surface area (Å²) in [5.41, 5.74) is -1.07. The van der Waals surface area contributed by atoms with Crippen LogP contribution in [-0.2, 0) is 38.2 Å². The lowest BCUT2D eigenvalue weighted by atomic mass is 10.1. The number of carbonyl (C=O) groups is 7. The fourth-order valence-electron chi connectivity index (χ4n) is 3.32. The number of benzene rings is 2. The first kappa shape index (κ1) is 46.3. The Balaban J connectivity index is 0.00000205. The van der Waals surface area contributed by atoms with Gasteiger partial charge in [0.25, 0.3) is 5.91 Å². The summed E-state index contributed by atoms with van der Waals surface area (Å²) in [4.78, 5) is 79.8. The average molecular weight is 753 g/mol. The number of ether oxygens (including phenoxy) is 3. The number of amides is 4. The Labute approximate surface area is 293 Å². The van der Waals surface area contributed by atoms with Crippen molar-refractivity contribution in [3.63, 3.8) is 0 Å². The van der Waals surface area contributed by atoms with Gasteiger partial charge in [0, 0.05) is 13.3 Å². The Morgan fingerprint density at radius 2 is 1.46 bits per heavy atom. The lowest BCUT2D eigenvalue weighted by Gasteiger charge is -2.17. The standard InChI is InChI=1S/C25H24F6N4O6.C4H8O2.C3H6O2/c1-3-16(23(39)32-9-13(36)11-41-21-19(27)12(2)8-15(26)20(21)28)34-18(37)10-33-22(38)14-6-4-5-7-17(14)35-24(40)25(29,30)31;1-3-4(5)6-2;1-3(4)5-2/h4-8,16H,3,9-11H2,1-2H3,(H,32,39)(H,33,38)(H,34,37)(H,35,40);3H2,1-2H3;1-2H3. The van der Waals surface area contributed by atoms with Crippen LogP contribution >= 0.6 is 0 Å². The third-order valence-corrected chi connectivity index (χ3v) is 6.09. The molecule has 0 radical (unpaired) electrons. The fraction of sp³-hybridized carbons (Fsp3) is 0.406. The number of rotatable bonds is 13. The molecule has 52 heavy (non-hydrogen) atoms. The third kappa shape index (κ3) is 16.8. The number of aryl methyl sites for hydroxylation is 1. The van der Waals surface area contributed by atoms with Gasteiger partial charge in [-0.05, 0) is 37.1 Å². The molecule has 4 amide bonds. The molecule has 4 N–H and O–H groups in total. The zero-order valence-electron chi connectivity index (χ0n) is 28.8. The molecule has 2 aromatic rings. The van der Waals surface area contributed by atoms with E-state index in [4.69, 9.17) is 4.74 Å². The normalized spacial score (nSPS) is 10.8. The van der Waals surface area contributed by atoms with E-state index < -0.39 is 90.2 Å². The van der Waals surface area contributed by atoms with Gasteiger partial charge in [-0.2, -0.15) is 17.6 Å². The number of para-hydroxylation sites is 1. The third-order valence-electron chi connectivity index (χ3n) is 6.09. The SMILES string of the molecule is CCC(=O)OC.CCC(NC(=O)CNC(=O)c1ccccc1NC(=O)C(F)(F)F)C(=O)NCC(=O)COc1c(F)c(C)cc(F)c1F.COC(C)=O. The Bertz CT molecular complexity index is 1560. The molecule has 0 aliphatic rings. The lowest BCUT2D eigenvalue weighted by molar-refractivity contribution is -0.167. The Kier molecular flexibility index (Phi) is 20.4. The van der Waals surface area contributed by atoms with Gasteiger partial charge in [0.05, 0.1) is 38.6 Å². The second kappa shape index (κ2) is 22.9. The highest BCUT2D eigenvalue weighted by Crippen LogP contribution is 2.27. The molecule has 2 rings (SSSR count). The highest BCUT2D eigenvalue weighted by molar-refractivity contribution is 6.05. The molecule has 1 unspecified atom stereocenters. The van der Waals surface area contributed by atoms with Crippen LogP contribution in [0.2, 0.25) is 0 Å². The molecule has 0 fully saturated rings. The molecule has 288 valence electrons. The maximum atomic E-state index is 14.0. The van der Waals surface area contributed by atoms with Crippen molar-refractivity contribution >= 4 is 47.0 Å². The summed E-state index contributed by atoms with van der Waals surface area (Å²) in [7, 11) is 2.73. The number of Topliss-reactive ketones (excluding diaryl/α,β-unsaturated/α-hetero) is 1. The summed E-state index contributed by atoms with van der Waals surface area (Å²) in [5, 5.41) is 8.18. The molecule has 2 aromatic carbocycles. The maximum Gasteiger partial charge on any atom is 0.471 e. The lowest BCUT2D eigenvalue weighted by Crippen LogP contribution is -2.50. The smallest absolute Gasteiger partial charge is 0.471 e. The first-order valence-corrected chi connectivity index (χ1v) is 15.0. The number of carbonyl (C=O) groups excluding carboxylic acids is 7. The summed E-state index contributed by atoms with van der Waals surface area (Å²) in [6.45, 7) is 3.50. The van der Waals surface area contributed by atoms with Crippen molar-refractivity contribution in [1.29, 1.82) is 0 Å². The highest BCUT2D eigenvalue weighted by atomic mass is 19.4. The number of hydrogen-bond acceptors (Lipinski definition) is 10. The topological polar surface area (TPSA) is 195 Å².